The lowest BCUT2D eigenvalue weighted by molar-refractivity contribution is -0.140. The smallest absolute Gasteiger partial charge is 0.233 e. The third kappa shape index (κ3) is 3.81. The van der Waals surface area contributed by atoms with Gasteiger partial charge >= 0.3 is 0 Å². The van der Waals surface area contributed by atoms with Crippen molar-refractivity contribution in [1.82, 2.24) is 4.90 Å². The number of carbonyl (C=O) groups excluding carboxylic acids is 3. The Morgan fingerprint density at radius 3 is 2.24 bits per heavy atom. The molecular weight excluding hydrogens is 316 g/mol. The van der Waals surface area contributed by atoms with Gasteiger partial charge in [0.05, 0.1) is 11.8 Å². The number of likely N-dealkylation sites (tertiary alicyclic amines) is 1. The summed E-state index contributed by atoms with van der Waals surface area (Å²) in [6.45, 7) is 2.41. The summed E-state index contributed by atoms with van der Waals surface area (Å²) >= 11 is 0. The summed E-state index contributed by atoms with van der Waals surface area (Å²) in [6, 6.07) is 7.77. The highest BCUT2D eigenvalue weighted by Crippen LogP contribution is 2.35. The fraction of sp³-hybridized carbons (Fsp3) is 0.450. The molecule has 0 aromatic heterocycles. The molecular formula is C20H24N2O3. The molecule has 0 bridgehead atoms. The maximum absolute atomic E-state index is 12.3. The van der Waals surface area contributed by atoms with Crippen LogP contribution >= 0.6 is 0 Å². The molecule has 132 valence electrons. The molecule has 0 unspecified atom stereocenters. The lowest BCUT2D eigenvalue weighted by atomic mass is 9.85. The fourth-order valence-electron chi connectivity index (χ4n) is 3.53. The Labute approximate surface area is 148 Å². The summed E-state index contributed by atoms with van der Waals surface area (Å²) in [6.07, 6.45) is 7.01. The van der Waals surface area contributed by atoms with Gasteiger partial charge in [0.15, 0.2) is 0 Å². The van der Waals surface area contributed by atoms with Crippen LogP contribution in [0.25, 0.3) is 0 Å². The van der Waals surface area contributed by atoms with E-state index in [9.17, 15) is 14.4 Å². The zero-order valence-electron chi connectivity index (χ0n) is 14.5. The summed E-state index contributed by atoms with van der Waals surface area (Å²) in [7, 11) is 0. The number of hydrogen-bond donors (Lipinski definition) is 1. The predicted octanol–water partition coefficient (Wildman–Crippen LogP) is 2.92. The van der Waals surface area contributed by atoms with Crippen LogP contribution in [0, 0.1) is 11.8 Å². The van der Waals surface area contributed by atoms with Gasteiger partial charge < -0.3 is 5.32 Å². The Morgan fingerprint density at radius 2 is 1.68 bits per heavy atom. The molecule has 2 aliphatic rings. The lowest BCUT2D eigenvalue weighted by Gasteiger charge is -2.14. The standard InChI is InChI=1S/C20H24N2O3/c1-2-14-9-11-15(12-10-14)21-18(23)8-5-13-22-19(24)16-6-3-4-7-17(16)20(22)25/h3-4,9-12,16-17H,2,5-8,13H2,1H3,(H,21,23)/t16-,17+. The van der Waals surface area contributed by atoms with Gasteiger partial charge in [0.25, 0.3) is 0 Å². The van der Waals surface area contributed by atoms with Crippen LogP contribution in [0.4, 0.5) is 5.69 Å². The van der Waals surface area contributed by atoms with E-state index in [2.05, 4.69) is 12.2 Å². The minimum atomic E-state index is -0.191. The molecule has 1 heterocycles. The first-order chi connectivity index (χ1) is 12.1. The molecule has 1 saturated heterocycles. The number of imide groups is 1. The molecule has 0 spiro atoms. The van der Waals surface area contributed by atoms with Gasteiger partial charge in [0, 0.05) is 18.7 Å². The normalized spacial score (nSPS) is 22.2. The number of nitrogens with zero attached hydrogens (tertiary/aromatic N) is 1. The Hall–Kier alpha value is -2.43. The largest absolute Gasteiger partial charge is 0.326 e. The summed E-state index contributed by atoms with van der Waals surface area (Å²) in [4.78, 5) is 38.1. The van der Waals surface area contributed by atoms with E-state index >= 15 is 0 Å². The summed E-state index contributed by atoms with van der Waals surface area (Å²) in [5.41, 5.74) is 1.99. The highest BCUT2D eigenvalue weighted by Gasteiger charge is 2.46. The molecule has 1 aromatic rings. The van der Waals surface area contributed by atoms with Crippen LogP contribution in [0.5, 0.6) is 0 Å². The van der Waals surface area contributed by atoms with Crippen molar-refractivity contribution in [2.75, 3.05) is 11.9 Å². The topological polar surface area (TPSA) is 66.5 Å². The third-order valence-electron chi connectivity index (χ3n) is 5.03. The van der Waals surface area contributed by atoms with Gasteiger partial charge in [-0.25, -0.2) is 0 Å². The van der Waals surface area contributed by atoms with Gasteiger partial charge in [0.1, 0.15) is 0 Å². The maximum Gasteiger partial charge on any atom is 0.233 e. The molecule has 1 fully saturated rings. The molecule has 0 radical (unpaired) electrons. The van der Waals surface area contributed by atoms with E-state index in [1.54, 1.807) is 0 Å². The summed E-state index contributed by atoms with van der Waals surface area (Å²) in [5.74, 6) is -0.626. The Bertz CT molecular complexity index is 667. The second-order valence-corrected chi connectivity index (χ2v) is 6.69. The second-order valence-electron chi connectivity index (χ2n) is 6.69. The van der Waals surface area contributed by atoms with Gasteiger partial charge in [-0.1, -0.05) is 31.2 Å². The number of anilines is 1. The van der Waals surface area contributed by atoms with E-state index < -0.39 is 0 Å². The molecule has 3 rings (SSSR count). The maximum atomic E-state index is 12.3. The third-order valence-corrected chi connectivity index (χ3v) is 5.03. The molecule has 2 atom stereocenters. The van der Waals surface area contributed by atoms with Crippen molar-refractivity contribution in [2.24, 2.45) is 11.8 Å². The molecule has 3 amide bonds. The van der Waals surface area contributed by atoms with Gasteiger partial charge in [-0.05, 0) is 43.4 Å². The number of benzene rings is 1. The van der Waals surface area contributed by atoms with Gasteiger partial charge in [0.2, 0.25) is 17.7 Å². The zero-order valence-corrected chi connectivity index (χ0v) is 14.5. The van der Waals surface area contributed by atoms with Crippen LogP contribution in [-0.2, 0) is 20.8 Å². The van der Waals surface area contributed by atoms with Crippen LogP contribution in [0.3, 0.4) is 0 Å². The Morgan fingerprint density at radius 1 is 1.08 bits per heavy atom. The number of nitrogens with one attached hydrogen (secondary N) is 1. The van der Waals surface area contributed by atoms with E-state index in [-0.39, 0.29) is 29.6 Å². The minimum absolute atomic E-state index is 0.0742. The van der Waals surface area contributed by atoms with Crippen molar-refractivity contribution in [1.29, 1.82) is 0 Å². The lowest BCUT2D eigenvalue weighted by Crippen LogP contribution is -2.32. The second kappa shape index (κ2) is 7.64. The van der Waals surface area contributed by atoms with E-state index in [1.165, 1.54) is 10.5 Å². The van der Waals surface area contributed by atoms with Crippen LogP contribution < -0.4 is 5.32 Å². The van der Waals surface area contributed by atoms with E-state index in [4.69, 9.17) is 0 Å². The Kier molecular flexibility index (Phi) is 5.31. The highest BCUT2D eigenvalue weighted by atomic mass is 16.2. The van der Waals surface area contributed by atoms with Crippen molar-refractivity contribution in [3.8, 4) is 0 Å². The van der Waals surface area contributed by atoms with E-state index in [0.717, 1.165) is 12.1 Å². The number of hydrogen-bond acceptors (Lipinski definition) is 3. The van der Waals surface area contributed by atoms with Gasteiger partial charge in [-0.3, -0.25) is 19.3 Å². The average Bonchev–Trinajstić information content (AvgIpc) is 2.87. The SMILES string of the molecule is CCc1ccc(NC(=O)CCCN2C(=O)[C@H]3CC=CC[C@H]3C2=O)cc1. The zero-order chi connectivity index (χ0) is 17.8. The van der Waals surface area contributed by atoms with Crippen molar-refractivity contribution in [2.45, 2.75) is 39.0 Å². The number of rotatable bonds is 6. The van der Waals surface area contributed by atoms with Gasteiger partial charge in [-0.2, -0.15) is 0 Å². The molecule has 1 N–H and O–H groups in total. The van der Waals surface area contributed by atoms with Crippen LogP contribution in [-0.4, -0.2) is 29.2 Å². The van der Waals surface area contributed by atoms with E-state index in [1.807, 2.05) is 36.4 Å². The van der Waals surface area contributed by atoms with Crippen molar-refractivity contribution in [3.63, 3.8) is 0 Å². The molecule has 1 aliphatic carbocycles. The van der Waals surface area contributed by atoms with Crippen molar-refractivity contribution in [3.05, 3.63) is 42.0 Å². The molecule has 1 aliphatic heterocycles. The number of fused-ring (bicyclic) bond motifs is 1. The highest BCUT2D eigenvalue weighted by molar-refractivity contribution is 6.05. The van der Waals surface area contributed by atoms with Gasteiger partial charge in [-0.15, -0.1) is 0 Å². The molecule has 5 nitrogen and oxygen atoms in total. The molecule has 5 heteroatoms. The molecule has 0 saturated carbocycles. The van der Waals surface area contributed by atoms with Crippen LogP contribution in [0.1, 0.15) is 38.2 Å². The molecule has 1 aromatic carbocycles. The number of aryl methyl sites for hydroxylation is 1. The molecule has 25 heavy (non-hydrogen) atoms. The summed E-state index contributed by atoms with van der Waals surface area (Å²) < 4.78 is 0. The first kappa shape index (κ1) is 17.4. The Balaban J connectivity index is 1.46. The number of carbonyl (C=O) groups is 3. The fourth-order valence-corrected chi connectivity index (χ4v) is 3.53. The minimum Gasteiger partial charge on any atom is -0.326 e. The number of amides is 3. The van der Waals surface area contributed by atoms with Crippen LogP contribution in [0.2, 0.25) is 0 Å². The first-order valence-corrected chi connectivity index (χ1v) is 8.99. The average molecular weight is 340 g/mol. The number of allylic oxidation sites excluding steroid dienone is 2. The monoisotopic (exact) mass is 340 g/mol. The van der Waals surface area contributed by atoms with E-state index in [0.29, 0.717) is 32.2 Å². The summed E-state index contributed by atoms with van der Waals surface area (Å²) in [5, 5.41) is 2.85. The first-order valence-electron chi connectivity index (χ1n) is 8.99. The van der Waals surface area contributed by atoms with Crippen molar-refractivity contribution < 1.29 is 14.4 Å². The predicted molar refractivity (Wildman–Crippen MR) is 95.8 cm³/mol. The van der Waals surface area contributed by atoms with Crippen LogP contribution in [0.15, 0.2) is 36.4 Å². The van der Waals surface area contributed by atoms with Crippen molar-refractivity contribution >= 4 is 23.4 Å². The quantitative estimate of drug-likeness (QED) is 0.639.